The highest BCUT2D eigenvalue weighted by molar-refractivity contribution is 6.03. The lowest BCUT2D eigenvalue weighted by Gasteiger charge is -2.29. The van der Waals surface area contributed by atoms with E-state index in [1.54, 1.807) is 36.4 Å². The maximum absolute atomic E-state index is 12.8. The van der Waals surface area contributed by atoms with Gasteiger partial charge in [0.1, 0.15) is 28.4 Å². The maximum atomic E-state index is 12.8. The van der Waals surface area contributed by atoms with E-state index in [4.69, 9.17) is 9.47 Å². The molecule has 3 rings (SSSR count). The van der Waals surface area contributed by atoms with Crippen molar-refractivity contribution < 1.29 is 24.5 Å². The van der Waals surface area contributed by atoms with Gasteiger partial charge in [-0.25, -0.2) is 0 Å². The second-order valence-electron chi connectivity index (χ2n) is 6.81. The summed E-state index contributed by atoms with van der Waals surface area (Å²) >= 11 is 0. The molecule has 1 atom stereocenters. The Labute approximate surface area is 152 Å². The summed E-state index contributed by atoms with van der Waals surface area (Å²) in [6.45, 7) is 3.79. The zero-order chi connectivity index (χ0) is 18.9. The van der Waals surface area contributed by atoms with Crippen LogP contribution in [0.25, 0.3) is 6.08 Å². The summed E-state index contributed by atoms with van der Waals surface area (Å²) < 4.78 is 11.1. The smallest absolute Gasteiger partial charge is 0.173 e. The summed E-state index contributed by atoms with van der Waals surface area (Å²) in [6, 6.07) is 10.5. The van der Waals surface area contributed by atoms with Crippen LogP contribution in [-0.2, 0) is 0 Å². The minimum absolute atomic E-state index is 0.0502. The molecule has 1 heterocycles. The Bertz CT molecular complexity index is 852. The molecule has 0 fully saturated rings. The van der Waals surface area contributed by atoms with Gasteiger partial charge in [-0.1, -0.05) is 30.3 Å². The van der Waals surface area contributed by atoms with E-state index in [-0.39, 0.29) is 23.5 Å². The molecule has 0 aromatic heterocycles. The van der Waals surface area contributed by atoms with Gasteiger partial charge in [0.05, 0.1) is 18.8 Å². The number of Topliss-reactive ketones (excluding diaryl/α,β-unsaturated/α-hetero) is 1. The molecule has 0 saturated heterocycles. The van der Waals surface area contributed by atoms with E-state index in [9.17, 15) is 15.0 Å². The monoisotopic (exact) mass is 354 g/mol. The van der Waals surface area contributed by atoms with Crippen LogP contribution in [0.1, 0.15) is 47.9 Å². The van der Waals surface area contributed by atoms with Crippen LogP contribution >= 0.6 is 0 Å². The summed E-state index contributed by atoms with van der Waals surface area (Å²) in [6.07, 6.45) is 2.42. The first kappa shape index (κ1) is 18.0. The first-order valence-corrected chi connectivity index (χ1v) is 8.41. The number of ketones is 1. The van der Waals surface area contributed by atoms with Crippen molar-refractivity contribution in [2.24, 2.45) is 0 Å². The largest absolute Gasteiger partial charge is 0.506 e. The fourth-order valence-electron chi connectivity index (χ4n) is 2.99. The SMILES string of the molecule is COc1cc2c(c(O)c1C(=O)CC(O)c1ccccc1)C=CC(C)(C)O2. The highest BCUT2D eigenvalue weighted by Gasteiger charge is 2.29. The number of benzene rings is 2. The molecule has 2 aromatic carbocycles. The maximum Gasteiger partial charge on any atom is 0.173 e. The summed E-state index contributed by atoms with van der Waals surface area (Å²) in [4.78, 5) is 12.8. The Hall–Kier alpha value is -2.79. The molecule has 2 N–H and O–H groups in total. The third kappa shape index (κ3) is 3.44. The van der Waals surface area contributed by atoms with E-state index in [1.807, 2.05) is 26.0 Å². The molecule has 1 aliphatic heterocycles. The molecule has 26 heavy (non-hydrogen) atoms. The highest BCUT2D eigenvalue weighted by atomic mass is 16.5. The number of carbonyl (C=O) groups is 1. The van der Waals surface area contributed by atoms with Gasteiger partial charge in [-0.2, -0.15) is 0 Å². The van der Waals surface area contributed by atoms with Crippen molar-refractivity contribution in [1.29, 1.82) is 0 Å². The van der Waals surface area contributed by atoms with Crippen LogP contribution in [0, 0.1) is 0 Å². The van der Waals surface area contributed by atoms with Gasteiger partial charge >= 0.3 is 0 Å². The van der Waals surface area contributed by atoms with E-state index in [0.717, 1.165) is 0 Å². The Balaban J connectivity index is 1.96. The third-order valence-electron chi connectivity index (χ3n) is 4.35. The molecule has 2 aromatic rings. The zero-order valence-electron chi connectivity index (χ0n) is 15.0. The number of ether oxygens (including phenoxy) is 2. The fourth-order valence-corrected chi connectivity index (χ4v) is 2.99. The van der Waals surface area contributed by atoms with Crippen molar-refractivity contribution >= 4 is 11.9 Å². The van der Waals surface area contributed by atoms with Crippen molar-refractivity contribution in [2.75, 3.05) is 7.11 Å². The van der Waals surface area contributed by atoms with Gasteiger partial charge in [0.25, 0.3) is 0 Å². The normalized spacial score (nSPS) is 15.7. The number of aliphatic hydroxyl groups excluding tert-OH is 1. The minimum Gasteiger partial charge on any atom is -0.506 e. The topological polar surface area (TPSA) is 76.0 Å². The molecule has 0 saturated carbocycles. The number of aliphatic hydroxyl groups is 1. The van der Waals surface area contributed by atoms with Crippen molar-refractivity contribution in [3.63, 3.8) is 0 Å². The third-order valence-corrected chi connectivity index (χ3v) is 4.35. The van der Waals surface area contributed by atoms with Gasteiger partial charge in [-0.05, 0) is 31.6 Å². The van der Waals surface area contributed by atoms with E-state index in [2.05, 4.69) is 0 Å². The van der Waals surface area contributed by atoms with Crippen LogP contribution in [0.5, 0.6) is 17.2 Å². The van der Waals surface area contributed by atoms with Crippen molar-refractivity contribution in [1.82, 2.24) is 0 Å². The van der Waals surface area contributed by atoms with Gasteiger partial charge in [0.2, 0.25) is 0 Å². The van der Waals surface area contributed by atoms with Crippen LogP contribution in [0.3, 0.4) is 0 Å². The molecule has 0 aliphatic carbocycles. The van der Waals surface area contributed by atoms with Crippen molar-refractivity contribution in [3.05, 3.63) is 59.2 Å². The fraction of sp³-hybridized carbons (Fsp3) is 0.286. The molecule has 0 bridgehead atoms. The highest BCUT2D eigenvalue weighted by Crippen LogP contribution is 2.44. The van der Waals surface area contributed by atoms with Crippen LogP contribution in [0.15, 0.2) is 42.5 Å². The average molecular weight is 354 g/mol. The summed E-state index contributed by atoms with van der Waals surface area (Å²) in [7, 11) is 1.43. The average Bonchev–Trinajstić information content (AvgIpc) is 2.60. The number of methoxy groups -OCH3 is 1. The zero-order valence-corrected chi connectivity index (χ0v) is 15.0. The molecular weight excluding hydrogens is 332 g/mol. The Kier molecular flexibility index (Phi) is 4.74. The second kappa shape index (κ2) is 6.84. The van der Waals surface area contributed by atoms with Crippen LogP contribution < -0.4 is 9.47 Å². The van der Waals surface area contributed by atoms with Crippen molar-refractivity contribution in [3.8, 4) is 17.2 Å². The molecule has 5 heteroatoms. The van der Waals surface area contributed by atoms with Crippen molar-refractivity contribution in [2.45, 2.75) is 32.0 Å². The number of phenols is 1. The van der Waals surface area contributed by atoms with Gasteiger partial charge < -0.3 is 19.7 Å². The number of aromatic hydroxyl groups is 1. The molecule has 0 amide bonds. The molecule has 1 unspecified atom stereocenters. The van der Waals surface area contributed by atoms with Crippen LogP contribution in [0.4, 0.5) is 0 Å². The molecule has 1 aliphatic rings. The van der Waals surface area contributed by atoms with Gasteiger partial charge in [0.15, 0.2) is 5.78 Å². The first-order valence-electron chi connectivity index (χ1n) is 8.41. The number of phenolic OH excluding ortho intramolecular Hbond substituents is 1. The summed E-state index contributed by atoms with van der Waals surface area (Å²) in [5.41, 5.74) is 0.610. The number of hydrogen-bond donors (Lipinski definition) is 2. The van der Waals surface area contributed by atoms with E-state index in [1.165, 1.54) is 7.11 Å². The number of hydrogen-bond acceptors (Lipinski definition) is 5. The lowest BCUT2D eigenvalue weighted by molar-refractivity contribution is 0.0874. The number of fused-ring (bicyclic) bond motifs is 1. The molecular formula is C21H22O5. The minimum atomic E-state index is -0.963. The first-order chi connectivity index (χ1) is 12.3. The Morgan fingerprint density at radius 2 is 1.96 bits per heavy atom. The molecule has 0 spiro atoms. The standard InChI is InChI=1S/C21H22O5/c1-21(2)10-9-14-17(26-21)12-18(25-3)19(20(14)24)16(23)11-15(22)13-7-5-4-6-8-13/h4-10,12,15,22,24H,11H2,1-3H3. The summed E-state index contributed by atoms with van der Waals surface area (Å²) in [5.74, 6) is 0.0673. The predicted octanol–water partition coefficient (Wildman–Crippen LogP) is 3.89. The van der Waals surface area contributed by atoms with Crippen LogP contribution in [-0.4, -0.2) is 28.7 Å². The quantitative estimate of drug-likeness (QED) is 0.797. The summed E-state index contributed by atoms with van der Waals surface area (Å²) in [5, 5.41) is 21.0. The lowest BCUT2D eigenvalue weighted by atomic mass is 9.94. The molecule has 0 radical (unpaired) electrons. The molecule has 136 valence electrons. The van der Waals surface area contributed by atoms with Gasteiger partial charge in [-0.15, -0.1) is 0 Å². The van der Waals surface area contributed by atoms with Gasteiger partial charge in [-0.3, -0.25) is 4.79 Å². The molecule has 5 nitrogen and oxygen atoms in total. The lowest BCUT2D eigenvalue weighted by Crippen LogP contribution is -2.27. The van der Waals surface area contributed by atoms with E-state index >= 15 is 0 Å². The predicted molar refractivity (Wildman–Crippen MR) is 98.7 cm³/mol. The Morgan fingerprint density at radius 3 is 2.62 bits per heavy atom. The van der Waals surface area contributed by atoms with E-state index in [0.29, 0.717) is 16.9 Å². The number of carbonyl (C=O) groups excluding carboxylic acids is 1. The van der Waals surface area contributed by atoms with Gasteiger partial charge in [0, 0.05) is 12.5 Å². The van der Waals surface area contributed by atoms with E-state index < -0.39 is 17.5 Å². The number of rotatable bonds is 5. The second-order valence-corrected chi connectivity index (χ2v) is 6.81. The van der Waals surface area contributed by atoms with Crippen LogP contribution in [0.2, 0.25) is 0 Å². The Morgan fingerprint density at radius 1 is 1.27 bits per heavy atom.